The van der Waals surface area contributed by atoms with E-state index < -0.39 is 6.10 Å². The van der Waals surface area contributed by atoms with Gasteiger partial charge in [-0.15, -0.1) is 0 Å². The lowest BCUT2D eigenvalue weighted by Crippen LogP contribution is -2.44. The highest BCUT2D eigenvalue weighted by Crippen LogP contribution is 2.26. The van der Waals surface area contributed by atoms with E-state index in [9.17, 15) is 4.79 Å². The Morgan fingerprint density at radius 2 is 1.87 bits per heavy atom. The van der Waals surface area contributed by atoms with Crippen molar-refractivity contribution in [1.29, 1.82) is 0 Å². The lowest BCUT2D eigenvalue weighted by Gasteiger charge is -2.25. The summed E-state index contributed by atoms with van der Waals surface area (Å²) in [4.78, 5) is 12.5. The summed E-state index contributed by atoms with van der Waals surface area (Å²) in [6.45, 7) is 2.00. The summed E-state index contributed by atoms with van der Waals surface area (Å²) in [6, 6.07) is 14.4. The number of fused-ring (bicyclic) bond motifs is 1. The van der Waals surface area contributed by atoms with Gasteiger partial charge < -0.3 is 10.1 Å². The minimum absolute atomic E-state index is 0.0207. The molecule has 0 spiro atoms. The molecule has 122 valence electrons. The van der Waals surface area contributed by atoms with Gasteiger partial charge in [-0.1, -0.05) is 62.6 Å². The number of carbonyl (C=O) groups excluding carboxylic acids is 1. The third-order valence-electron chi connectivity index (χ3n) is 4.63. The van der Waals surface area contributed by atoms with E-state index >= 15 is 0 Å². The number of hydrogen-bond acceptors (Lipinski definition) is 2. The quantitative estimate of drug-likeness (QED) is 0.886. The van der Waals surface area contributed by atoms with E-state index in [1.807, 2.05) is 37.3 Å². The molecule has 1 aliphatic rings. The third kappa shape index (κ3) is 3.84. The topological polar surface area (TPSA) is 38.3 Å². The number of hydrogen-bond donors (Lipinski definition) is 1. The van der Waals surface area contributed by atoms with Crippen LogP contribution in [0.1, 0.15) is 45.4 Å². The Bertz CT molecular complexity index is 656. The number of benzene rings is 2. The van der Waals surface area contributed by atoms with Crippen LogP contribution in [-0.2, 0) is 4.79 Å². The summed E-state index contributed by atoms with van der Waals surface area (Å²) >= 11 is 0. The molecule has 1 fully saturated rings. The largest absolute Gasteiger partial charge is 0.480 e. The highest BCUT2D eigenvalue weighted by molar-refractivity contribution is 5.89. The van der Waals surface area contributed by atoms with Gasteiger partial charge in [-0.05, 0) is 30.7 Å². The molecule has 23 heavy (non-hydrogen) atoms. The molecule has 1 atom stereocenters. The van der Waals surface area contributed by atoms with Gasteiger partial charge in [-0.2, -0.15) is 0 Å². The van der Waals surface area contributed by atoms with Gasteiger partial charge in [0.15, 0.2) is 6.10 Å². The van der Waals surface area contributed by atoms with Crippen LogP contribution in [0.25, 0.3) is 10.8 Å². The molecular weight excluding hydrogens is 286 g/mol. The molecule has 2 aromatic rings. The zero-order valence-corrected chi connectivity index (χ0v) is 13.8. The standard InChI is InChI=1S/C20H25NO2/c1-2-18(20(22)21-16-11-4-3-5-12-16)23-19-14-8-10-15-9-6-7-13-17(15)19/h6-10,13-14,16,18H,2-5,11-12H2,1H3,(H,21,22). The Balaban J connectivity index is 1.71. The SMILES string of the molecule is CCC(Oc1cccc2ccccc12)C(=O)NC1CCCCC1. The molecule has 3 heteroatoms. The first-order valence-corrected chi connectivity index (χ1v) is 8.72. The van der Waals surface area contributed by atoms with Crippen LogP contribution in [0.3, 0.4) is 0 Å². The Morgan fingerprint density at radius 3 is 2.65 bits per heavy atom. The van der Waals surface area contributed by atoms with Crippen LogP contribution in [0, 0.1) is 0 Å². The fourth-order valence-corrected chi connectivity index (χ4v) is 3.32. The lowest BCUT2D eigenvalue weighted by molar-refractivity contribution is -0.129. The average Bonchev–Trinajstić information content (AvgIpc) is 2.60. The molecule has 0 heterocycles. The second-order valence-corrected chi connectivity index (χ2v) is 6.34. The lowest BCUT2D eigenvalue weighted by atomic mass is 9.95. The molecule has 0 aliphatic heterocycles. The molecule has 3 nitrogen and oxygen atoms in total. The summed E-state index contributed by atoms with van der Waals surface area (Å²) in [5.74, 6) is 0.807. The van der Waals surface area contributed by atoms with Gasteiger partial charge in [-0.3, -0.25) is 4.79 Å². The zero-order valence-electron chi connectivity index (χ0n) is 13.8. The van der Waals surface area contributed by atoms with Crippen LogP contribution in [0.2, 0.25) is 0 Å². The molecule has 0 radical (unpaired) electrons. The second kappa shape index (κ2) is 7.49. The van der Waals surface area contributed by atoms with E-state index in [1.54, 1.807) is 0 Å². The van der Waals surface area contributed by atoms with Crippen molar-refractivity contribution in [3.63, 3.8) is 0 Å². The van der Waals surface area contributed by atoms with Crippen LogP contribution < -0.4 is 10.1 Å². The van der Waals surface area contributed by atoms with E-state index in [2.05, 4.69) is 17.4 Å². The van der Waals surface area contributed by atoms with E-state index in [1.165, 1.54) is 19.3 Å². The Labute approximate surface area is 138 Å². The maximum atomic E-state index is 12.5. The molecule has 0 saturated heterocycles. The van der Waals surface area contributed by atoms with Crippen molar-refractivity contribution in [3.8, 4) is 5.75 Å². The van der Waals surface area contributed by atoms with Crippen LogP contribution in [0.15, 0.2) is 42.5 Å². The predicted octanol–water partition coefficient (Wildman–Crippen LogP) is 4.45. The average molecular weight is 311 g/mol. The van der Waals surface area contributed by atoms with E-state index in [0.717, 1.165) is 29.4 Å². The first-order chi connectivity index (χ1) is 11.3. The number of ether oxygens (including phenoxy) is 1. The number of nitrogens with one attached hydrogen (secondary N) is 1. The zero-order chi connectivity index (χ0) is 16.1. The third-order valence-corrected chi connectivity index (χ3v) is 4.63. The van der Waals surface area contributed by atoms with Crippen molar-refractivity contribution in [2.75, 3.05) is 0 Å². The smallest absolute Gasteiger partial charge is 0.261 e. The van der Waals surface area contributed by atoms with Crippen LogP contribution in [-0.4, -0.2) is 18.1 Å². The molecule has 1 unspecified atom stereocenters. The highest BCUT2D eigenvalue weighted by atomic mass is 16.5. The summed E-state index contributed by atoms with van der Waals surface area (Å²) in [6.07, 6.45) is 6.14. The predicted molar refractivity (Wildman–Crippen MR) is 93.7 cm³/mol. The van der Waals surface area contributed by atoms with Gasteiger partial charge in [0, 0.05) is 11.4 Å². The van der Waals surface area contributed by atoms with E-state index in [-0.39, 0.29) is 5.91 Å². The molecule has 2 aromatic carbocycles. The molecular formula is C20H25NO2. The molecule has 1 saturated carbocycles. The van der Waals surface area contributed by atoms with Crippen molar-refractivity contribution >= 4 is 16.7 Å². The van der Waals surface area contributed by atoms with Gasteiger partial charge in [-0.25, -0.2) is 0 Å². The van der Waals surface area contributed by atoms with Gasteiger partial charge >= 0.3 is 0 Å². The fourth-order valence-electron chi connectivity index (χ4n) is 3.32. The normalized spacial score (nSPS) is 16.9. The molecule has 1 amide bonds. The summed E-state index contributed by atoms with van der Waals surface area (Å²) < 4.78 is 6.07. The molecule has 3 rings (SSSR count). The summed E-state index contributed by atoms with van der Waals surface area (Å²) in [5.41, 5.74) is 0. The van der Waals surface area contributed by atoms with E-state index in [4.69, 9.17) is 4.74 Å². The highest BCUT2D eigenvalue weighted by Gasteiger charge is 2.23. The van der Waals surface area contributed by atoms with Crippen molar-refractivity contribution in [2.45, 2.75) is 57.6 Å². The Hall–Kier alpha value is -2.03. The van der Waals surface area contributed by atoms with Crippen molar-refractivity contribution < 1.29 is 9.53 Å². The fraction of sp³-hybridized carbons (Fsp3) is 0.450. The Morgan fingerprint density at radius 1 is 1.13 bits per heavy atom. The first-order valence-electron chi connectivity index (χ1n) is 8.72. The number of amides is 1. The van der Waals surface area contributed by atoms with Crippen molar-refractivity contribution in [1.82, 2.24) is 5.32 Å². The van der Waals surface area contributed by atoms with Gasteiger partial charge in [0.25, 0.3) is 5.91 Å². The van der Waals surface area contributed by atoms with Crippen molar-refractivity contribution in [2.24, 2.45) is 0 Å². The minimum atomic E-state index is -0.428. The Kier molecular flexibility index (Phi) is 5.16. The van der Waals surface area contributed by atoms with Crippen LogP contribution >= 0.6 is 0 Å². The maximum absolute atomic E-state index is 12.5. The van der Waals surface area contributed by atoms with Crippen molar-refractivity contribution in [3.05, 3.63) is 42.5 Å². The second-order valence-electron chi connectivity index (χ2n) is 6.34. The molecule has 0 aromatic heterocycles. The maximum Gasteiger partial charge on any atom is 0.261 e. The van der Waals surface area contributed by atoms with Gasteiger partial charge in [0.05, 0.1) is 0 Å². The summed E-state index contributed by atoms with van der Waals surface area (Å²) in [7, 11) is 0. The first kappa shape index (κ1) is 15.9. The van der Waals surface area contributed by atoms with Crippen LogP contribution in [0.4, 0.5) is 0 Å². The number of carbonyl (C=O) groups is 1. The monoisotopic (exact) mass is 311 g/mol. The summed E-state index contributed by atoms with van der Waals surface area (Å²) in [5, 5.41) is 5.36. The number of rotatable bonds is 5. The van der Waals surface area contributed by atoms with Gasteiger partial charge in [0.1, 0.15) is 5.75 Å². The van der Waals surface area contributed by atoms with Gasteiger partial charge in [0.2, 0.25) is 0 Å². The molecule has 1 N–H and O–H groups in total. The van der Waals surface area contributed by atoms with Crippen LogP contribution in [0.5, 0.6) is 5.75 Å². The molecule has 1 aliphatic carbocycles. The minimum Gasteiger partial charge on any atom is -0.480 e. The van der Waals surface area contributed by atoms with E-state index in [0.29, 0.717) is 12.5 Å². The molecule has 0 bridgehead atoms.